The number of anilines is 1. The van der Waals surface area contributed by atoms with Gasteiger partial charge < -0.3 is 14.5 Å². The molecule has 2 unspecified atom stereocenters. The number of halogens is 2. The Morgan fingerprint density at radius 2 is 1.74 bits per heavy atom. The fourth-order valence-corrected chi connectivity index (χ4v) is 6.57. The highest BCUT2D eigenvalue weighted by molar-refractivity contribution is 5.88. The molecule has 1 spiro atoms. The number of carbonyl (C=O) groups excluding carboxylic acids is 1. The standard InChI is InChI=1S/C27H28F2N4O2/c28-19-14-18(15-20(29)16-19)22-5-7-25-32(22)26(34)27(35-25)9-12-31(13-10-27)24-6-4-21(17-2-1-3-17)23-8-11-30-33(23)24/h4,6,8,11,14-17,22,25H,1-3,5,7,9-10,12-13H2. The third-order valence-electron chi connectivity index (χ3n) is 8.60. The molecule has 8 heteroatoms. The van der Waals surface area contributed by atoms with Gasteiger partial charge in [-0.1, -0.05) is 12.5 Å². The first-order chi connectivity index (χ1) is 17.0. The molecule has 1 aromatic carbocycles. The van der Waals surface area contributed by atoms with Crippen molar-refractivity contribution in [1.29, 1.82) is 0 Å². The molecule has 0 N–H and O–H groups in total. The summed E-state index contributed by atoms with van der Waals surface area (Å²) in [6, 6.07) is 9.68. The SMILES string of the molecule is O=C1N2C(CCC2c2cc(F)cc(F)c2)OC12CCN(c1ccc(C3CCC3)c3ccnn13)CC2. The van der Waals surface area contributed by atoms with E-state index in [0.717, 1.165) is 11.9 Å². The summed E-state index contributed by atoms with van der Waals surface area (Å²) in [7, 11) is 0. The number of hydrogen-bond donors (Lipinski definition) is 0. The quantitative estimate of drug-likeness (QED) is 0.535. The van der Waals surface area contributed by atoms with E-state index < -0.39 is 17.2 Å². The topological polar surface area (TPSA) is 50.1 Å². The van der Waals surface area contributed by atoms with E-state index in [0.29, 0.717) is 50.3 Å². The number of hydrogen-bond acceptors (Lipinski definition) is 4. The molecule has 4 aliphatic rings. The summed E-state index contributed by atoms with van der Waals surface area (Å²) in [6.07, 6.45) is 7.79. The van der Waals surface area contributed by atoms with E-state index in [1.54, 1.807) is 4.90 Å². The number of nitrogens with zero attached hydrogens (tertiary/aromatic N) is 4. The van der Waals surface area contributed by atoms with Crippen LogP contribution in [0.3, 0.4) is 0 Å². The molecular formula is C27H28F2N4O2. The molecule has 6 nitrogen and oxygen atoms in total. The number of rotatable bonds is 3. The fourth-order valence-electron chi connectivity index (χ4n) is 6.57. The zero-order chi connectivity index (χ0) is 23.7. The van der Waals surface area contributed by atoms with E-state index in [1.165, 1.54) is 42.5 Å². The van der Waals surface area contributed by atoms with Crippen molar-refractivity contribution in [3.05, 3.63) is 65.4 Å². The molecule has 1 amide bonds. The molecule has 2 aromatic heterocycles. The summed E-state index contributed by atoms with van der Waals surface area (Å²) in [5, 5.41) is 4.61. The van der Waals surface area contributed by atoms with Crippen molar-refractivity contribution >= 4 is 17.2 Å². The van der Waals surface area contributed by atoms with Crippen molar-refractivity contribution in [1.82, 2.24) is 14.5 Å². The Hall–Kier alpha value is -3.00. The van der Waals surface area contributed by atoms with Gasteiger partial charge in [-0.05, 0) is 67.0 Å². The van der Waals surface area contributed by atoms with Gasteiger partial charge >= 0.3 is 0 Å². The van der Waals surface area contributed by atoms with E-state index >= 15 is 0 Å². The molecule has 0 bridgehead atoms. The van der Waals surface area contributed by atoms with Crippen LogP contribution < -0.4 is 4.90 Å². The third-order valence-corrected chi connectivity index (χ3v) is 8.60. The van der Waals surface area contributed by atoms with E-state index in [2.05, 4.69) is 28.2 Å². The monoisotopic (exact) mass is 478 g/mol. The molecule has 1 saturated carbocycles. The van der Waals surface area contributed by atoms with Crippen molar-refractivity contribution in [3.63, 3.8) is 0 Å². The average molecular weight is 479 g/mol. The highest BCUT2D eigenvalue weighted by atomic mass is 19.1. The Morgan fingerprint density at radius 3 is 2.46 bits per heavy atom. The minimum absolute atomic E-state index is 0.0427. The number of carbonyl (C=O) groups is 1. The molecular weight excluding hydrogens is 450 g/mol. The van der Waals surface area contributed by atoms with Crippen LogP contribution in [0.5, 0.6) is 0 Å². The van der Waals surface area contributed by atoms with Crippen LogP contribution in [0.2, 0.25) is 0 Å². The maximum atomic E-state index is 13.9. The zero-order valence-electron chi connectivity index (χ0n) is 19.5. The van der Waals surface area contributed by atoms with Crippen LogP contribution in [0.25, 0.3) is 5.52 Å². The van der Waals surface area contributed by atoms with Gasteiger partial charge in [0.1, 0.15) is 23.7 Å². The minimum atomic E-state index is -0.860. The smallest absolute Gasteiger partial charge is 0.257 e. The van der Waals surface area contributed by atoms with Crippen LogP contribution in [0.15, 0.2) is 42.6 Å². The second-order valence-corrected chi connectivity index (χ2v) is 10.5. The van der Waals surface area contributed by atoms with Crippen LogP contribution in [0, 0.1) is 11.6 Å². The molecule has 7 rings (SSSR count). The van der Waals surface area contributed by atoms with Crippen LogP contribution in [0.1, 0.15) is 68.0 Å². The van der Waals surface area contributed by atoms with Crippen LogP contribution in [-0.2, 0) is 9.53 Å². The molecule has 3 saturated heterocycles. The number of piperidine rings is 1. The van der Waals surface area contributed by atoms with Crippen LogP contribution in [-0.4, -0.2) is 45.3 Å². The number of benzene rings is 1. The van der Waals surface area contributed by atoms with Gasteiger partial charge in [-0.25, -0.2) is 13.3 Å². The van der Waals surface area contributed by atoms with E-state index in [4.69, 9.17) is 4.74 Å². The van der Waals surface area contributed by atoms with Crippen LogP contribution in [0.4, 0.5) is 14.6 Å². The number of pyridine rings is 1. The number of aromatic nitrogens is 2. The van der Waals surface area contributed by atoms with Gasteiger partial charge in [-0.15, -0.1) is 0 Å². The highest BCUT2D eigenvalue weighted by Gasteiger charge is 2.58. The van der Waals surface area contributed by atoms with Gasteiger partial charge in [0.15, 0.2) is 5.60 Å². The van der Waals surface area contributed by atoms with Crippen molar-refractivity contribution in [2.75, 3.05) is 18.0 Å². The molecule has 4 fully saturated rings. The molecule has 1 aliphatic carbocycles. The molecule has 182 valence electrons. The minimum Gasteiger partial charge on any atom is -0.356 e. The van der Waals surface area contributed by atoms with Gasteiger partial charge in [0.2, 0.25) is 0 Å². The molecule has 0 radical (unpaired) electrons. The first kappa shape index (κ1) is 21.3. The highest BCUT2D eigenvalue weighted by Crippen LogP contribution is 2.48. The van der Waals surface area contributed by atoms with Crippen molar-refractivity contribution < 1.29 is 18.3 Å². The Bertz CT molecular complexity index is 1290. The lowest BCUT2D eigenvalue weighted by atomic mass is 9.80. The fraction of sp³-hybridized carbons (Fsp3) is 0.481. The van der Waals surface area contributed by atoms with Crippen molar-refractivity contribution in [3.8, 4) is 0 Å². The summed E-state index contributed by atoms with van der Waals surface area (Å²) in [6.45, 7) is 1.37. The van der Waals surface area contributed by atoms with E-state index in [9.17, 15) is 13.6 Å². The summed E-state index contributed by atoms with van der Waals surface area (Å²) < 4.78 is 36.2. The summed E-state index contributed by atoms with van der Waals surface area (Å²) in [5.74, 6) is 0.394. The Labute approximate surface area is 202 Å². The van der Waals surface area contributed by atoms with Crippen molar-refractivity contribution in [2.24, 2.45) is 0 Å². The first-order valence-electron chi connectivity index (χ1n) is 12.7. The second kappa shape index (κ2) is 7.75. The van der Waals surface area contributed by atoms with Gasteiger partial charge in [0, 0.05) is 32.0 Å². The molecule has 3 aromatic rings. The summed E-state index contributed by atoms with van der Waals surface area (Å²) in [5.41, 5.74) is 2.19. The van der Waals surface area contributed by atoms with E-state index in [-0.39, 0.29) is 18.2 Å². The molecule has 2 atom stereocenters. The Balaban J connectivity index is 1.11. The van der Waals surface area contributed by atoms with Gasteiger partial charge in [0.25, 0.3) is 5.91 Å². The maximum Gasteiger partial charge on any atom is 0.257 e. The summed E-state index contributed by atoms with van der Waals surface area (Å²) >= 11 is 0. The maximum absolute atomic E-state index is 13.9. The normalized spacial score (nSPS) is 26.1. The average Bonchev–Trinajstić information content (AvgIpc) is 3.50. The van der Waals surface area contributed by atoms with Gasteiger partial charge in [-0.3, -0.25) is 4.79 Å². The van der Waals surface area contributed by atoms with Crippen LogP contribution >= 0.6 is 0 Å². The van der Waals surface area contributed by atoms with Crippen molar-refractivity contribution in [2.45, 2.75) is 68.7 Å². The zero-order valence-corrected chi connectivity index (χ0v) is 19.5. The van der Waals surface area contributed by atoms with E-state index in [1.807, 2.05) is 10.7 Å². The Morgan fingerprint density at radius 1 is 0.971 bits per heavy atom. The second-order valence-electron chi connectivity index (χ2n) is 10.5. The summed E-state index contributed by atoms with van der Waals surface area (Å²) in [4.78, 5) is 17.7. The van der Waals surface area contributed by atoms with Gasteiger partial charge in [-0.2, -0.15) is 5.10 Å². The number of fused-ring (bicyclic) bond motifs is 2. The molecule has 5 heterocycles. The molecule has 35 heavy (non-hydrogen) atoms. The number of ether oxygens (including phenoxy) is 1. The lowest BCUT2D eigenvalue weighted by Crippen LogP contribution is -2.50. The predicted octanol–water partition coefficient (Wildman–Crippen LogP) is 4.94. The Kier molecular flexibility index (Phi) is 4.72. The molecule has 3 aliphatic heterocycles. The lowest BCUT2D eigenvalue weighted by Gasteiger charge is -2.39. The lowest BCUT2D eigenvalue weighted by molar-refractivity contribution is -0.140. The predicted molar refractivity (Wildman–Crippen MR) is 126 cm³/mol. The largest absolute Gasteiger partial charge is 0.356 e. The number of amides is 1. The van der Waals surface area contributed by atoms with Gasteiger partial charge in [0.05, 0.1) is 17.8 Å². The first-order valence-corrected chi connectivity index (χ1v) is 12.7. The third kappa shape index (κ3) is 3.22.